The van der Waals surface area contributed by atoms with Crippen LogP contribution < -0.4 is 10.1 Å². The Bertz CT molecular complexity index is 876. The van der Waals surface area contributed by atoms with E-state index in [1.54, 1.807) is 25.3 Å². The summed E-state index contributed by atoms with van der Waals surface area (Å²) < 4.78 is 10.3. The van der Waals surface area contributed by atoms with Gasteiger partial charge in [-0.3, -0.25) is 4.90 Å². The minimum Gasteiger partial charge on any atom is -0.507 e. The molecular weight excluding hydrogens is 388 g/mol. The number of phenolic OH excluding ortho intramolecular Hbond substituents is 1. The number of ether oxygens (including phenoxy) is 2. The molecule has 0 bridgehead atoms. The molecule has 0 saturated carbocycles. The van der Waals surface area contributed by atoms with Crippen molar-refractivity contribution < 1.29 is 24.5 Å². The molecule has 3 rings (SSSR count). The summed E-state index contributed by atoms with van der Waals surface area (Å²) in [6.45, 7) is 4.57. The molecule has 0 amide bonds. The number of aromatic nitrogens is 2. The van der Waals surface area contributed by atoms with E-state index in [4.69, 9.17) is 14.6 Å². The number of methoxy groups -OCH3 is 1. The SMILES string of the molecule is COc1ccc(-c2nnc(NC3CCCN(CCOCC(=O)O)C3)cc2C)c(O)c1. The highest BCUT2D eigenvalue weighted by atomic mass is 16.5. The van der Waals surface area contributed by atoms with Gasteiger partial charge in [-0.1, -0.05) is 0 Å². The van der Waals surface area contributed by atoms with Crippen molar-refractivity contribution in [3.05, 3.63) is 29.8 Å². The summed E-state index contributed by atoms with van der Waals surface area (Å²) in [5.41, 5.74) is 2.14. The summed E-state index contributed by atoms with van der Waals surface area (Å²) in [7, 11) is 1.55. The Hall–Kier alpha value is -2.91. The van der Waals surface area contributed by atoms with Gasteiger partial charge in [-0.15, -0.1) is 10.2 Å². The Morgan fingerprint density at radius 1 is 1.33 bits per heavy atom. The van der Waals surface area contributed by atoms with Crippen molar-refractivity contribution in [2.45, 2.75) is 25.8 Å². The summed E-state index contributed by atoms with van der Waals surface area (Å²) in [4.78, 5) is 12.8. The maximum absolute atomic E-state index is 10.5. The van der Waals surface area contributed by atoms with Gasteiger partial charge in [0.1, 0.15) is 23.9 Å². The van der Waals surface area contributed by atoms with E-state index in [0.29, 0.717) is 36.0 Å². The molecule has 1 aromatic carbocycles. The molecule has 9 heteroatoms. The molecule has 1 atom stereocenters. The lowest BCUT2D eigenvalue weighted by Gasteiger charge is -2.33. The third kappa shape index (κ3) is 5.80. The minimum absolute atomic E-state index is 0.0977. The number of aromatic hydroxyl groups is 1. The second kappa shape index (κ2) is 10.2. The third-order valence-electron chi connectivity index (χ3n) is 5.08. The lowest BCUT2D eigenvalue weighted by Crippen LogP contribution is -2.43. The van der Waals surface area contributed by atoms with E-state index in [1.807, 2.05) is 13.0 Å². The van der Waals surface area contributed by atoms with Crippen LogP contribution in [0.4, 0.5) is 5.82 Å². The summed E-state index contributed by atoms with van der Waals surface area (Å²) in [6.07, 6.45) is 2.06. The number of rotatable bonds is 9. The molecule has 3 N–H and O–H groups in total. The van der Waals surface area contributed by atoms with Crippen molar-refractivity contribution in [1.29, 1.82) is 0 Å². The molecule has 1 aliphatic heterocycles. The van der Waals surface area contributed by atoms with Gasteiger partial charge in [-0.25, -0.2) is 4.79 Å². The van der Waals surface area contributed by atoms with Crippen molar-refractivity contribution in [1.82, 2.24) is 15.1 Å². The Kier molecular flexibility index (Phi) is 7.42. The number of likely N-dealkylation sites (tertiary alicyclic amines) is 1. The molecule has 1 saturated heterocycles. The van der Waals surface area contributed by atoms with Crippen LogP contribution in [0.2, 0.25) is 0 Å². The number of hydrogen-bond acceptors (Lipinski definition) is 8. The minimum atomic E-state index is -0.950. The average Bonchev–Trinajstić information content (AvgIpc) is 2.72. The summed E-state index contributed by atoms with van der Waals surface area (Å²) in [5, 5.41) is 31.0. The maximum atomic E-state index is 10.5. The molecule has 0 aliphatic carbocycles. The zero-order valence-corrected chi connectivity index (χ0v) is 17.3. The van der Waals surface area contributed by atoms with Crippen LogP contribution in [0.1, 0.15) is 18.4 Å². The lowest BCUT2D eigenvalue weighted by atomic mass is 10.0. The molecule has 1 aromatic heterocycles. The Morgan fingerprint density at radius 2 is 2.17 bits per heavy atom. The van der Waals surface area contributed by atoms with Crippen LogP contribution in [0, 0.1) is 6.92 Å². The van der Waals surface area contributed by atoms with Gasteiger partial charge < -0.3 is 25.0 Å². The number of piperidine rings is 1. The van der Waals surface area contributed by atoms with Crippen molar-refractivity contribution in [2.75, 3.05) is 45.3 Å². The van der Waals surface area contributed by atoms with Crippen LogP contribution in [-0.2, 0) is 9.53 Å². The van der Waals surface area contributed by atoms with Crippen molar-refractivity contribution >= 4 is 11.8 Å². The smallest absolute Gasteiger partial charge is 0.329 e. The first-order chi connectivity index (χ1) is 14.5. The highest BCUT2D eigenvalue weighted by Gasteiger charge is 2.20. The van der Waals surface area contributed by atoms with Gasteiger partial charge in [0, 0.05) is 30.8 Å². The maximum Gasteiger partial charge on any atom is 0.329 e. The quantitative estimate of drug-likeness (QED) is 0.529. The normalized spacial score (nSPS) is 16.9. The topological polar surface area (TPSA) is 117 Å². The molecule has 2 heterocycles. The van der Waals surface area contributed by atoms with Crippen LogP contribution in [0.15, 0.2) is 24.3 Å². The molecule has 30 heavy (non-hydrogen) atoms. The first-order valence-corrected chi connectivity index (χ1v) is 9.96. The molecule has 1 fully saturated rings. The number of carboxylic acid groups (broad SMARTS) is 1. The summed E-state index contributed by atoms with van der Waals surface area (Å²) in [6, 6.07) is 7.26. The second-order valence-electron chi connectivity index (χ2n) is 7.37. The van der Waals surface area contributed by atoms with Gasteiger partial charge in [-0.05, 0) is 50.1 Å². The van der Waals surface area contributed by atoms with Gasteiger partial charge in [0.25, 0.3) is 0 Å². The van der Waals surface area contributed by atoms with E-state index in [0.717, 1.165) is 31.5 Å². The summed E-state index contributed by atoms with van der Waals surface area (Å²) in [5.74, 6) is 0.419. The predicted molar refractivity (Wildman–Crippen MR) is 112 cm³/mol. The van der Waals surface area contributed by atoms with E-state index < -0.39 is 5.97 Å². The fourth-order valence-electron chi connectivity index (χ4n) is 3.60. The fraction of sp³-hybridized carbons (Fsp3) is 0.476. The van der Waals surface area contributed by atoms with Crippen LogP contribution in [0.25, 0.3) is 11.3 Å². The Labute approximate surface area is 175 Å². The second-order valence-corrected chi connectivity index (χ2v) is 7.37. The molecule has 2 aromatic rings. The van der Waals surface area contributed by atoms with E-state index in [9.17, 15) is 9.90 Å². The zero-order valence-electron chi connectivity index (χ0n) is 17.3. The third-order valence-corrected chi connectivity index (χ3v) is 5.08. The average molecular weight is 416 g/mol. The number of carbonyl (C=O) groups is 1. The number of benzene rings is 1. The van der Waals surface area contributed by atoms with Crippen LogP contribution in [0.5, 0.6) is 11.5 Å². The van der Waals surface area contributed by atoms with Gasteiger partial charge in [0.05, 0.1) is 19.4 Å². The molecular formula is C21H28N4O5. The highest BCUT2D eigenvalue weighted by molar-refractivity contribution is 5.71. The Morgan fingerprint density at radius 3 is 2.87 bits per heavy atom. The number of nitrogens with one attached hydrogen (secondary N) is 1. The molecule has 1 unspecified atom stereocenters. The Balaban J connectivity index is 1.59. The molecule has 0 spiro atoms. The van der Waals surface area contributed by atoms with Crippen molar-refractivity contribution in [3.63, 3.8) is 0 Å². The number of anilines is 1. The van der Waals surface area contributed by atoms with Gasteiger partial charge in [0.2, 0.25) is 0 Å². The number of phenols is 1. The number of aliphatic carboxylic acids is 1. The van der Waals surface area contributed by atoms with E-state index in [2.05, 4.69) is 20.4 Å². The predicted octanol–water partition coefficient (Wildman–Crippen LogP) is 2.14. The lowest BCUT2D eigenvalue weighted by molar-refractivity contribution is -0.142. The van der Waals surface area contributed by atoms with Gasteiger partial charge >= 0.3 is 5.97 Å². The monoisotopic (exact) mass is 416 g/mol. The van der Waals surface area contributed by atoms with E-state index >= 15 is 0 Å². The number of hydrogen-bond donors (Lipinski definition) is 3. The zero-order chi connectivity index (χ0) is 21.5. The van der Waals surface area contributed by atoms with Crippen LogP contribution >= 0.6 is 0 Å². The molecule has 9 nitrogen and oxygen atoms in total. The van der Waals surface area contributed by atoms with E-state index in [-0.39, 0.29) is 18.4 Å². The van der Waals surface area contributed by atoms with Crippen LogP contribution in [-0.4, -0.2) is 77.3 Å². The van der Waals surface area contributed by atoms with Crippen molar-refractivity contribution in [2.24, 2.45) is 0 Å². The van der Waals surface area contributed by atoms with Gasteiger partial charge in [0.15, 0.2) is 0 Å². The highest BCUT2D eigenvalue weighted by Crippen LogP contribution is 2.33. The first-order valence-electron chi connectivity index (χ1n) is 9.96. The molecule has 1 aliphatic rings. The molecule has 0 radical (unpaired) electrons. The van der Waals surface area contributed by atoms with E-state index in [1.165, 1.54) is 0 Å². The van der Waals surface area contributed by atoms with Crippen LogP contribution in [0.3, 0.4) is 0 Å². The largest absolute Gasteiger partial charge is 0.507 e. The summed E-state index contributed by atoms with van der Waals surface area (Å²) >= 11 is 0. The molecule has 162 valence electrons. The number of nitrogens with zero attached hydrogens (tertiary/aromatic N) is 3. The van der Waals surface area contributed by atoms with Gasteiger partial charge in [-0.2, -0.15) is 0 Å². The fourth-order valence-corrected chi connectivity index (χ4v) is 3.60. The number of carboxylic acids is 1. The standard InChI is InChI=1S/C21H28N4O5/c1-14-10-19(23-24-21(14)17-6-5-16(29-2)11-18(17)26)22-15-4-3-7-25(12-15)8-9-30-13-20(27)28/h5-6,10-11,15,26H,3-4,7-9,12-13H2,1-2H3,(H,22,23)(H,27,28). The number of aryl methyl sites for hydroxylation is 1. The first kappa shape index (κ1) is 21.8. The van der Waals surface area contributed by atoms with Crippen molar-refractivity contribution in [3.8, 4) is 22.8 Å².